The molecule has 0 saturated carbocycles. The largest absolute Gasteiger partial charge is 0.481 e. The molecule has 27 heavy (non-hydrogen) atoms. The van der Waals surface area contributed by atoms with Crippen molar-refractivity contribution in [1.82, 2.24) is 0 Å². The molecule has 0 bridgehead atoms. The quantitative estimate of drug-likeness (QED) is 0.721. The molecule has 1 aliphatic rings. The number of aliphatic carboxylic acids is 1. The summed E-state index contributed by atoms with van der Waals surface area (Å²) in [6.45, 7) is 1.73. The number of benzene rings is 2. The summed E-state index contributed by atoms with van der Waals surface area (Å²) in [5.41, 5.74) is 3.37. The highest BCUT2D eigenvalue weighted by molar-refractivity contribution is 6.05. The summed E-state index contributed by atoms with van der Waals surface area (Å²) in [6, 6.07) is 11.3. The van der Waals surface area contributed by atoms with Gasteiger partial charge >= 0.3 is 5.97 Å². The van der Waals surface area contributed by atoms with Gasteiger partial charge in [-0.3, -0.25) is 9.59 Å². The van der Waals surface area contributed by atoms with Gasteiger partial charge in [0.05, 0.1) is 0 Å². The van der Waals surface area contributed by atoms with Gasteiger partial charge in [0.25, 0.3) is 5.91 Å². The van der Waals surface area contributed by atoms with Crippen LogP contribution in [0.3, 0.4) is 0 Å². The Labute approximate surface area is 157 Å². The Bertz CT molecular complexity index is 821. The van der Waals surface area contributed by atoms with Crippen molar-refractivity contribution >= 4 is 23.3 Å². The summed E-state index contributed by atoms with van der Waals surface area (Å²) in [5.74, 6) is -1.40. The number of rotatable bonds is 7. The average molecular weight is 370 g/mol. The fourth-order valence-electron chi connectivity index (χ4n) is 3.42. The lowest BCUT2D eigenvalue weighted by molar-refractivity contribution is -0.137. The van der Waals surface area contributed by atoms with E-state index in [1.165, 1.54) is 24.3 Å². The van der Waals surface area contributed by atoms with E-state index in [1.54, 1.807) is 0 Å². The molecule has 2 aromatic carbocycles. The van der Waals surface area contributed by atoms with Crippen LogP contribution in [0.2, 0.25) is 0 Å². The van der Waals surface area contributed by atoms with E-state index in [9.17, 15) is 14.0 Å². The standard InChI is InChI=1S/C21H23FN2O3/c22-16-11-9-15(10-12-16)21(27)23-18-6-3-7-19-17(18)5-4-14-24(19)13-2-1-8-20(25)26/h3,6-7,9-12H,1-2,4-5,8,13-14H2,(H,23,27)(H,25,26). The predicted molar refractivity (Wildman–Crippen MR) is 103 cm³/mol. The molecule has 0 aliphatic carbocycles. The van der Waals surface area contributed by atoms with Gasteiger partial charge < -0.3 is 15.3 Å². The fourth-order valence-corrected chi connectivity index (χ4v) is 3.42. The number of nitrogens with one attached hydrogen (secondary N) is 1. The molecule has 0 radical (unpaired) electrons. The molecule has 1 heterocycles. The summed E-state index contributed by atoms with van der Waals surface area (Å²) in [4.78, 5) is 25.4. The van der Waals surface area contributed by atoms with Gasteiger partial charge in [-0.2, -0.15) is 0 Å². The van der Waals surface area contributed by atoms with Crippen molar-refractivity contribution in [2.45, 2.75) is 32.1 Å². The molecule has 0 spiro atoms. The lowest BCUT2D eigenvalue weighted by atomic mass is 9.99. The first-order valence-corrected chi connectivity index (χ1v) is 9.20. The molecule has 142 valence electrons. The third-order valence-corrected chi connectivity index (χ3v) is 4.77. The molecule has 0 fully saturated rings. The van der Waals surface area contributed by atoms with Gasteiger partial charge in [0, 0.05) is 36.4 Å². The zero-order valence-electron chi connectivity index (χ0n) is 15.1. The van der Waals surface area contributed by atoms with Crippen LogP contribution in [0.4, 0.5) is 15.8 Å². The number of carbonyl (C=O) groups excluding carboxylic acids is 1. The zero-order valence-corrected chi connectivity index (χ0v) is 15.1. The highest BCUT2D eigenvalue weighted by Crippen LogP contribution is 2.33. The molecule has 6 heteroatoms. The maximum Gasteiger partial charge on any atom is 0.303 e. The van der Waals surface area contributed by atoms with Crippen LogP contribution >= 0.6 is 0 Å². The lowest BCUT2D eigenvalue weighted by Gasteiger charge is -2.32. The van der Waals surface area contributed by atoms with Gasteiger partial charge in [-0.1, -0.05) is 6.07 Å². The van der Waals surface area contributed by atoms with Crippen molar-refractivity contribution < 1.29 is 19.1 Å². The van der Waals surface area contributed by atoms with E-state index in [0.717, 1.165) is 49.3 Å². The molecular formula is C21H23FN2O3. The Morgan fingerprint density at radius 2 is 1.89 bits per heavy atom. The summed E-state index contributed by atoms with van der Waals surface area (Å²) >= 11 is 0. The second-order valence-electron chi connectivity index (χ2n) is 6.71. The van der Waals surface area contributed by atoms with Crippen molar-refractivity contribution in [3.05, 3.63) is 59.4 Å². The minimum absolute atomic E-state index is 0.189. The maximum absolute atomic E-state index is 13.0. The van der Waals surface area contributed by atoms with Gasteiger partial charge in [-0.15, -0.1) is 0 Å². The number of anilines is 2. The monoisotopic (exact) mass is 370 g/mol. The number of carboxylic acid groups (broad SMARTS) is 1. The molecule has 0 atom stereocenters. The highest BCUT2D eigenvalue weighted by atomic mass is 19.1. The number of unbranched alkanes of at least 4 members (excludes halogenated alkanes) is 1. The number of hydrogen-bond acceptors (Lipinski definition) is 3. The average Bonchev–Trinajstić information content (AvgIpc) is 2.66. The van der Waals surface area contributed by atoms with E-state index in [1.807, 2.05) is 18.2 Å². The van der Waals surface area contributed by atoms with Crippen LogP contribution in [0.5, 0.6) is 0 Å². The molecule has 3 rings (SSSR count). The van der Waals surface area contributed by atoms with Crippen molar-refractivity contribution in [3.8, 4) is 0 Å². The summed E-state index contributed by atoms with van der Waals surface area (Å²) in [5, 5.41) is 11.7. The normalized spacial score (nSPS) is 13.1. The number of carbonyl (C=O) groups is 2. The van der Waals surface area contributed by atoms with E-state index in [2.05, 4.69) is 10.2 Å². The van der Waals surface area contributed by atoms with Crippen LogP contribution in [0.15, 0.2) is 42.5 Å². The predicted octanol–water partition coefficient (Wildman–Crippen LogP) is 4.09. The smallest absolute Gasteiger partial charge is 0.303 e. The van der Waals surface area contributed by atoms with E-state index in [0.29, 0.717) is 12.0 Å². The number of amides is 1. The number of fused-ring (bicyclic) bond motifs is 1. The molecule has 2 N–H and O–H groups in total. The van der Waals surface area contributed by atoms with E-state index in [-0.39, 0.29) is 18.1 Å². The Morgan fingerprint density at radius 3 is 2.63 bits per heavy atom. The molecule has 2 aromatic rings. The first kappa shape index (κ1) is 18.9. The van der Waals surface area contributed by atoms with Crippen LogP contribution in [0, 0.1) is 5.82 Å². The summed E-state index contributed by atoms with van der Waals surface area (Å²) < 4.78 is 13.0. The van der Waals surface area contributed by atoms with Gasteiger partial charge in [-0.05, 0) is 67.6 Å². The number of hydrogen-bond donors (Lipinski definition) is 2. The van der Waals surface area contributed by atoms with Crippen LogP contribution in [0.25, 0.3) is 0 Å². The fraction of sp³-hybridized carbons (Fsp3) is 0.333. The molecule has 0 saturated heterocycles. The maximum atomic E-state index is 13.0. The van der Waals surface area contributed by atoms with Crippen molar-refractivity contribution in [2.24, 2.45) is 0 Å². The van der Waals surface area contributed by atoms with Crippen molar-refractivity contribution in [3.63, 3.8) is 0 Å². The number of carboxylic acids is 1. The molecule has 0 unspecified atom stereocenters. The minimum atomic E-state index is -0.764. The third kappa shape index (κ3) is 4.84. The van der Waals surface area contributed by atoms with Crippen LogP contribution in [-0.2, 0) is 11.2 Å². The van der Waals surface area contributed by atoms with Crippen molar-refractivity contribution in [1.29, 1.82) is 0 Å². The van der Waals surface area contributed by atoms with Crippen molar-refractivity contribution in [2.75, 3.05) is 23.3 Å². The molecular weight excluding hydrogens is 347 g/mol. The highest BCUT2D eigenvalue weighted by Gasteiger charge is 2.20. The van der Waals surface area contributed by atoms with E-state index in [4.69, 9.17) is 5.11 Å². The molecule has 1 aliphatic heterocycles. The first-order chi connectivity index (χ1) is 13.0. The second-order valence-corrected chi connectivity index (χ2v) is 6.71. The Balaban J connectivity index is 1.71. The lowest BCUT2D eigenvalue weighted by Crippen LogP contribution is -2.31. The van der Waals surface area contributed by atoms with E-state index < -0.39 is 5.97 Å². The number of halogens is 1. The SMILES string of the molecule is O=C(O)CCCCN1CCCc2c(NC(=O)c3ccc(F)cc3)cccc21. The third-order valence-electron chi connectivity index (χ3n) is 4.77. The van der Waals surface area contributed by atoms with Crippen LogP contribution in [0.1, 0.15) is 41.6 Å². The minimum Gasteiger partial charge on any atom is -0.481 e. The number of nitrogens with zero attached hydrogens (tertiary/aromatic N) is 1. The first-order valence-electron chi connectivity index (χ1n) is 9.20. The van der Waals surface area contributed by atoms with Gasteiger partial charge in [0.1, 0.15) is 5.82 Å². The molecule has 0 aromatic heterocycles. The second kappa shape index (κ2) is 8.66. The zero-order chi connectivity index (χ0) is 19.2. The van der Waals surface area contributed by atoms with Crippen LogP contribution in [-0.4, -0.2) is 30.1 Å². The Kier molecular flexibility index (Phi) is 6.06. The van der Waals surface area contributed by atoms with Gasteiger partial charge in [-0.25, -0.2) is 4.39 Å². The van der Waals surface area contributed by atoms with Gasteiger partial charge in [0.2, 0.25) is 0 Å². The van der Waals surface area contributed by atoms with Crippen LogP contribution < -0.4 is 10.2 Å². The molecule has 1 amide bonds. The summed E-state index contributed by atoms with van der Waals surface area (Å²) in [7, 11) is 0. The van der Waals surface area contributed by atoms with E-state index >= 15 is 0 Å². The molecule has 5 nitrogen and oxygen atoms in total. The van der Waals surface area contributed by atoms with Gasteiger partial charge in [0.15, 0.2) is 0 Å². The Hall–Kier alpha value is -2.89. The Morgan fingerprint density at radius 1 is 1.11 bits per heavy atom. The topological polar surface area (TPSA) is 69.6 Å². The summed E-state index contributed by atoms with van der Waals surface area (Å²) in [6.07, 6.45) is 3.52.